The van der Waals surface area contributed by atoms with Crippen LogP contribution in [0.3, 0.4) is 0 Å². The Morgan fingerprint density at radius 3 is 0.981 bits per heavy atom. The summed E-state index contributed by atoms with van der Waals surface area (Å²) in [6.45, 7) is 9.01. The first kappa shape index (κ1) is 36.7. The highest BCUT2D eigenvalue weighted by Crippen LogP contribution is 2.39. The second-order valence-corrected chi connectivity index (χ2v) is 14.1. The van der Waals surface area contributed by atoms with Crippen LogP contribution in [0.15, 0.2) is 146 Å². The Morgan fingerprint density at radius 2 is 0.654 bits per heavy atom. The minimum absolute atomic E-state index is 1.11. The van der Waals surface area contributed by atoms with Gasteiger partial charge in [-0.1, -0.05) is 126 Å². The van der Waals surface area contributed by atoms with Gasteiger partial charge >= 0.3 is 0 Å². The third-order valence-corrected chi connectivity index (χ3v) is 10.0. The first-order chi connectivity index (χ1) is 25.6. The molecule has 266 valence electrons. The molecule has 0 unspecified atom stereocenters. The molecule has 2 nitrogen and oxygen atoms in total. The highest BCUT2D eigenvalue weighted by Gasteiger charge is 2.16. The summed E-state index contributed by atoms with van der Waals surface area (Å²) >= 11 is 0. The van der Waals surface area contributed by atoms with Gasteiger partial charge in [0.2, 0.25) is 0 Å². The fraction of sp³-hybridized carbons (Fsp3) is 0.280. The van der Waals surface area contributed by atoms with Crippen LogP contribution in [0.1, 0.15) is 88.5 Å². The maximum Gasteiger partial charge on any atom is 0.0464 e. The number of aryl methyl sites for hydroxylation is 4. The Balaban J connectivity index is 1.31. The lowest BCUT2D eigenvalue weighted by Crippen LogP contribution is -2.10. The average molecular weight is 685 g/mol. The van der Waals surface area contributed by atoms with Crippen molar-refractivity contribution in [2.45, 2.75) is 91.9 Å². The molecule has 0 amide bonds. The van der Waals surface area contributed by atoms with E-state index in [1.807, 2.05) is 0 Å². The molecular formula is C50H56N2. The van der Waals surface area contributed by atoms with Crippen molar-refractivity contribution in [1.82, 2.24) is 0 Å². The van der Waals surface area contributed by atoms with E-state index in [0.717, 1.165) is 49.9 Å². The van der Waals surface area contributed by atoms with Crippen LogP contribution in [0, 0.1) is 0 Å². The summed E-state index contributed by atoms with van der Waals surface area (Å²) in [5, 5.41) is 0. The summed E-state index contributed by atoms with van der Waals surface area (Å²) in [6.07, 6.45) is 11.5. The maximum atomic E-state index is 2.40. The van der Waals surface area contributed by atoms with Crippen LogP contribution in [-0.4, -0.2) is 0 Å². The van der Waals surface area contributed by atoms with Crippen molar-refractivity contribution in [3.05, 3.63) is 168 Å². The smallest absolute Gasteiger partial charge is 0.0464 e. The van der Waals surface area contributed by atoms with Gasteiger partial charge in [0.15, 0.2) is 0 Å². The highest BCUT2D eigenvalue weighted by atomic mass is 15.1. The summed E-state index contributed by atoms with van der Waals surface area (Å²) in [6, 6.07) is 54.6. The van der Waals surface area contributed by atoms with E-state index in [-0.39, 0.29) is 0 Å². The van der Waals surface area contributed by atoms with Crippen LogP contribution < -0.4 is 9.80 Å². The van der Waals surface area contributed by atoms with Gasteiger partial charge in [0, 0.05) is 34.1 Å². The fourth-order valence-electron chi connectivity index (χ4n) is 7.16. The molecule has 0 aromatic heterocycles. The zero-order valence-corrected chi connectivity index (χ0v) is 31.8. The van der Waals surface area contributed by atoms with E-state index in [2.05, 4.69) is 183 Å². The number of anilines is 6. The standard InChI is InChI=1S/C50H56N2/c1-5-9-15-41-17-11-19-49(37-41)51(45-29-21-39(13-7-3)22-30-45)47-33-25-43(26-34-47)44-27-35-48(36-28-44)52(46-31-23-40(14-8-4)24-32-46)50-20-12-18-42(38-50)16-10-6-2/h11-12,17-38H,5-10,13-16H2,1-4H3. The Kier molecular flexibility index (Phi) is 13.0. The minimum Gasteiger partial charge on any atom is -0.310 e. The van der Waals surface area contributed by atoms with Crippen LogP contribution in [-0.2, 0) is 25.7 Å². The molecule has 6 aromatic carbocycles. The van der Waals surface area contributed by atoms with Crippen molar-refractivity contribution in [3.8, 4) is 11.1 Å². The van der Waals surface area contributed by atoms with E-state index in [1.165, 1.54) is 81.8 Å². The third-order valence-electron chi connectivity index (χ3n) is 10.0. The topological polar surface area (TPSA) is 6.48 Å². The predicted octanol–water partition coefficient (Wildman–Crippen LogP) is 14.9. The number of hydrogen-bond donors (Lipinski definition) is 0. The molecule has 0 N–H and O–H groups in total. The Hall–Kier alpha value is -5.08. The summed E-state index contributed by atoms with van der Waals surface area (Å²) in [7, 11) is 0. The Bertz CT molecular complexity index is 1810. The predicted molar refractivity (Wildman–Crippen MR) is 226 cm³/mol. The van der Waals surface area contributed by atoms with Gasteiger partial charge in [-0.2, -0.15) is 0 Å². The second-order valence-electron chi connectivity index (χ2n) is 14.1. The minimum atomic E-state index is 1.11. The lowest BCUT2D eigenvalue weighted by atomic mass is 10.0. The van der Waals surface area contributed by atoms with Crippen molar-refractivity contribution in [2.24, 2.45) is 0 Å². The molecule has 0 saturated heterocycles. The summed E-state index contributed by atoms with van der Waals surface area (Å²) in [5.41, 5.74) is 15.1. The average Bonchev–Trinajstić information content (AvgIpc) is 3.19. The lowest BCUT2D eigenvalue weighted by molar-refractivity contribution is 0.795. The molecular weight excluding hydrogens is 629 g/mol. The van der Waals surface area contributed by atoms with Crippen LogP contribution >= 0.6 is 0 Å². The molecule has 0 aliphatic rings. The van der Waals surface area contributed by atoms with Gasteiger partial charge in [-0.15, -0.1) is 0 Å². The van der Waals surface area contributed by atoms with Gasteiger partial charge in [0.05, 0.1) is 0 Å². The summed E-state index contributed by atoms with van der Waals surface area (Å²) in [5.74, 6) is 0. The molecule has 6 rings (SSSR count). The summed E-state index contributed by atoms with van der Waals surface area (Å²) in [4.78, 5) is 4.80. The number of nitrogens with zero attached hydrogens (tertiary/aromatic N) is 2. The van der Waals surface area contributed by atoms with Crippen LogP contribution in [0.5, 0.6) is 0 Å². The molecule has 0 heterocycles. The van der Waals surface area contributed by atoms with E-state index >= 15 is 0 Å². The molecule has 0 bridgehead atoms. The largest absolute Gasteiger partial charge is 0.310 e. The molecule has 0 fully saturated rings. The van der Waals surface area contributed by atoms with E-state index in [9.17, 15) is 0 Å². The second kappa shape index (κ2) is 18.4. The third kappa shape index (κ3) is 9.22. The highest BCUT2D eigenvalue weighted by molar-refractivity contribution is 5.81. The van der Waals surface area contributed by atoms with Gasteiger partial charge in [0.25, 0.3) is 0 Å². The van der Waals surface area contributed by atoms with Crippen LogP contribution in [0.25, 0.3) is 11.1 Å². The van der Waals surface area contributed by atoms with Crippen molar-refractivity contribution in [1.29, 1.82) is 0 Å². The monoisotopic (exact) mass is 684 g/mol. The Morgan fingerprint density at radius 1 is 0.308 bits per heavy atom. The zero-order chi connectivity index (χ0) is 36.1. The van der Waals surface area contributed by atoms with Crippen molar-refractivity contribution < 1.29 is 0 Å². The number of rotatable bonds is 17. The van der Waals surface area contributed by atoms with Gasteiger partial charge in [-0.05, 0) is 145 Å². The number of unbranched alkanes of at least 4 members (excludes halogenated alkanes) is 2. The van der Waals surface area contributed by atoms with Crippen molar-refractivity contribution >= 4 is 34.1 Å². The molecule has 0 aliphatic heterocycles. The first-order valence-electron chi connectivity index (χ1n) is 19.8. The fourth-order valence-corrected chi connectivity index (χ4v) is 7.16. The van der Waals surface area contributed by atoms with E-state index in [4.69, 9.17) is 0 Å². The molecule has 6 aromatic rings. The van der Waals surface area contributed by atoms with E-state index < -0.39 is 0 Å². The Labute approximate surface area is 313 Å². The molecule has 52 heavy (non-hydrogen) atoms. The number of hydrogen-bond acceptors (Lipinski definition) is 2. The van der Waals surface area contributed by atoms with E-state index in [1.54, 1.807) is 0 Å². The van der Waals surface area contributed by atoms with Gasteiger partial charge < -0.3 is 9.80 Å². The van der Waals surface area contributed by atoms with Gasteiger partial charge in [-0.25, -0.2) is 0 Å². The first-order valence-corrected chi connectivity index (χ1v) is 19.8. The molecule has 2 heteroatoms. The van der Waals surface area contributed by atoms with Crippen molar-refractivity contribution in [3.63, 3.8) is 0 Å². The molecule has 0 radical (unpaired) electrons. The zero-order valence-electron chi connectivity index (χ0n) is 31.8. The lowest BCUT2D eigenvalue weighted by Gasteiger charge is -2.27. The quantitative estimate of drug-likeness (QED) is 0.0943. The normalized spacial score (nSPS) is 11.1. The number of benzene rings is 6. The SMILES string of the molecule is CCCCc1cccc(N(c2ccc(CCC)cc2)c2ccc(-c3ccc(N(c4ccc(CCC)cc4)c4cccc(CCCC)c4)cc3)cc2)c1. The molecule has 0 spiro atoms. The summed E-state index contributed by atoms with van der Waals surface area (Å²) < 4.78 is 0. The molecule has 0 atom stereocenters. The van der Waals surface area contributed by atoms with Crippen LogP contribution in [0.4, 0.5) is 34.1 Å². The molecule has 0 aliphatic carbocycles. The van der Waals surface area contributed by atoms with Gasteiger partial charge in [0.1, 0.15) is 0 Å². The van der Waals surface area contributed by atoms with Crippen LogP contribution in [0.2, 0.25) is 0 Å². The molecule has 0 saturated carbocycles. The maximum absolute atomic E-state index is 2.40. The van der Waals surface area contributed by atoms with Crippen molar-refractivity contribution in [2.75, 3.05) is 9.80 Å². The van der Waals surface area contributed by atoms with Gasteiger partial charge in [-0.3, -0.25) is 0 Å². The van der Waals surface area contributed by atoms with E-state index in [0.29, 0.717) is 0 Å².